The van der Waals surface area contributed by atoms with Crippen molar-refractivity contribution in [3.63, 3.8) is 0 Å². The van der Waals surface area contributed by atoms with E-state index in [-0.39, 0.29) is 0 Å². The molecular weight excluding hydrogens is 448 g/mol. The number of nitrogens with one attached hydrogen (secondary N) is 1. The molecule has 7 heteroatoms. The topological polar surface area (TPSA) is 99.5 Å². The van der Waals surface area contributed by atoms with Crippen LogP contribution in [0.2, 0.25) is 0 Å². The molecule has 2 heterocycles. The lowest BCUT2D eigenvalue weighted by Crippen LogP contribution is -2.04. The summed E-state index contributed by atoms with van der Waals surface area (Å²) in [6, 6.07) is 27.1. The van der Waals surface area contributed by atoms with Crippen LogP contribution in [-0.4, -0.2) is 14.5 Å². The lowest BCUT2D eigenvalue weighted by Gasteiger charge is -2.14. The molecule has 0 aliphatic rings. The van der Waals surface area contributed by atoms with Gasteiger partial charge in [0.2, 0.25) is 11.8 Å². The third-order valence-electron chi connectivity index (χ3n) is 5.84. The van der Waals surface area contributed by atoms with Crippen molar-refractivity contribution in [3.8, 4) is 23.8 Å². The normalized spacial score (nSPS) is 10.6. The van der Waals surface area contributed by atoms with Crippen LogP contribution in [0.4, 0.5) is 11.6 Å². The second-order valence-electron chi connectivity index (χ2n) is 8.49. The largest absolute Gasteiger partial charge is 0.438 e. The molecule has 5 rings (SSSR count). The van der Waals surface area contributed by atoms with Gasteiger partial charge in [-0.25, -0.2) is 0 Å². The summed E-state index contributed by atoms with van der Waals surface area (Å²) >= 11 is 0. The second-order valence-corrected chi connectivity index (χ2v) is 8.49. The van der Waals surface area contributed by atoms with Crippen LogP contribution in [-0.2, 0) is 6.54 Å². The van der Waals surface area contributed by atoms with Crippen molar-refractivity contribution in [2.45, 2.75) is 20.4 Å². The summed E-state index contributed by atoms with van der Waals surface area (Å²) in [4.78, 5) is 9.49. The van der Waals surface area contributed by atoms with E-state index in [2.05, 4.69) is 34.2 Å². The van der Waals surface area contributed by atoms with Gasteiger partial charge in [0.1, 0.15) is 11.4 Å². The Kier molecular flexibility index (Phi) is 6.05. The zero-order valence-electron chi connectivity index (χ0n) is 19.9. The third kappa shape index (κ3) is 4.59. The first-order valence-corrected chi connectivity index (χ1v) is 11.4. The Bertz CT molecular complexity index is 1620. The Hall–Kier alpha value is -5.14. The number of nitriles is 2. The lowest BCUT2D eigenvalue weighted by molar-refractivity contribution is 0.462. The molecule has 1 N–H and O–H groups in total. The maximum atomic E-state index is 9.30. The van der Waals surface area contributed by atoms with Crippen LogP contribution in [0, 0.1) is 36.5 Å². The van der Waals surface area contributed by atoms with E-state index in [1.54, 1.807) is 24.3 Å². The monoisotopic (exact) mass is 470 g/mol. The highest BCUT2D eigenvalue weighted by molar-refractivity contribution is 5.83. The Morgan fingerprint density at radius 2 is 1.56 bits per heavy atom. The molecule has 0 bridgehead atoms. The van der Waals surface area contributed by atoms with E-state index in [1.165, 1.54) is 0 Å². The molecule has 0 saturated carbocycles. The molecule has 7 nitrogen and oxygen atoms in total. The van der Waals surface area contributed by atoms with Gasteiger partial charge < -0.3 is 14.6 Å². The number of ether oxygens (including phenoxy) is 1. The van der Waals surface area contributed by atoms with Crippen molar-refractivity contribution < 1.29 is 4.74 Å². The Morgan fingerprint density at radius 3 is 2.22 bits per heavy atom. The van der Waals surface area contributed by atoms with Crippen LogP contribution < -0.4 is 10.1 Å². The molecule has 3 aromatic carbocycles. The van der Waals surface area contributed by atoms with Crippen LogP contribution in [0.1, 0.15) is 27.8 Å². The number of anilines is 2. The minimum Gasteiger partial charge on any atom is -0.438 e. The minimum absolute atomic E-state index is 0.374. The summed E-state index contributed by atoms with van der Waals surface area (Å²) in [7, 11) is 0. The second kappa shape index (κ2) is 9.61. The molecule has 0 spiro atoms. The molecule has 0 aliphatic carbocycles. The molecule has 174 valence electrons. The summed E-state index contributed by atoms with van der Waals surface area (Å²) < 4.78 is 8.43. The summed E-state index contributed by atoms with van der Waals surface area (Å²) in [6.45, 7) is 4.47. The van der Waals surface area contributed by atoms with Gasteiger partial charge >= 0.3 is 0 Å². The fourth-order valence-corrected chi connectivity index (χ4v) is 4.11. The van der Waals surface area contributed by atoms with E-state index >= 15 is 0 Å². The average molecular weight is 471 g/mol. The smallest absolute Gasteiger partial charge is 0.233 e. The highest BCUT2D eigenvalue weighted by Crippen LogP contribution is 2.34. The predicted molar refractivity (Wildman–Crippen MR) is 138 cm³/mol. The van der Waals surface area contributed by atoms with Gasteiger partial charge in [0.15, 0.2) is 0 Å². The predicted octanol–water partition coefficient (Wildman–Crippen LogP) is 6.38. The summed E-state index contributed by atoms with van der Waals surface area (Å²) in [6.07, 6.45) is 1.98. The highest BCUT2D eigenvalue weighted by atomic mass is 16.5. The lowest BCUT2D eigenvalue weighted by atomic mass is 10.1. The quantitative estimate of drug-likeness (QED) is 0.309. The minimum atomic E-state index is 0.374. The molecule has 0 saturated heterocycles. The Labute approximate surface area is 208 Å². The van der Waals surface area contributed by atoms with Gasteiger partial charge in [-0.3, -0.25) is 0 Å². The Balaban J connectivity index is 1.59. The zero-order chi connectivity index (χ0) is 25.1. The van der Waals surface area contributed by atoms with Crippen molar-refractivity contribution in [2.75, 3.05) is 5.32 Å². The average Bonchev–Trinajstić information content (AvgIpc) is 3.29. The van der Waals surface area contributed by atoms with Gasteiger partial charge in [-0.1, -0.05) is 30.3 Å². The van der Waals surface area contributed by atoms with Gasteiger partial charge in [0.05, 0.1) is 28.7 Å². The van der Waals surface area contributed by atoms with Gasteiger partial charge in [0, 0.05) is 18.4 Å². The van der Waals surface area contributed by atoms with Crippen molar-refractivity contribution in [1.29, 1.82) is 10.5 Å². The number of hydrogen-bond donors (Lipinski definition) is 1. The van der Waals surface area contributed by atoms with Crippen molar-refractivity contribution >= 4 is 22.7 Å². The molecule has 0 amide bonds. The first-order chi connectivity index (χ1) is 17.5. The molecule has 5 aromatic rings. The van der Waals surface area contributed by atoms with Crippen LogP contribution >= 0.6 is 0 Å². The van der Waals surface area contributed by atoms with E-state index in [4.69, 9.17) is 20.0 Å². The maximum absolute atomic E-state index is 9.30. The van der Waals surface area contributed by atoms with Crippen LogP contribution in [0.3, 0.4) is 0 Å². The molecule has 0 aliphatic heterocycles. The highest BCUT2D eigenvalue weighted by Gasteiger charge is 2.17. The third-order valence-corrected chi connectivity index (χ3v) is 5.84. The Morgan fingerprint density at radius 1 is 0.861 bits per heavy atom. The zero-order valence-corrected chi connectivity index (χ0v) is 19.9. The number of benzene rings is 3. The van der Waals surface area contributed by atoms with Crippen molar-refractivity contribution in [3.05, 3.63) is 107 Å². The van der Waals surface area contributed by atoms with Crippen LogP contribution in [0.25, 0.3) is 11.0 Å². The number of rotatable bonds is 6. The standard InChI is InChI=1S/C29H22N6O/c1-19-14-23(17-31)15-20(2)26(19)36-28-25-12-13-35(18-22-6-4-3-5-7-22)27(25)33-29(34-28)32-24-10-8-21(16-30)9-11-24/h3-15H,18H2,1-2H3,(H,32,33,34). The summed E-state index contributed by atoms with van der Waals surface area (Å²) in [5, 5.41) is 22.4. The fraction of sp³-hybridized carbons (Fsp3) is 0.103. The van der Waals surface area contributed by atoms with Gasteiger partial charge in [0.25, 0.3) is 0 Å². The number of hydrogen-bond acceptors (Lipinski definition) is 6. The molecule has 0 atom stereocenters. The number of aromatic nitrogens is 3. The van der Waals surface area contributed by atoms with Gasteiger partial charge in [-0.05, 0) is 73.0 Å². The molecule has 0 unspecified atom stereocenters. The van der Waals surface area contributed by atoms with E-state index in [9.17, 15) is 5.26 Å². The van der Waals surface area contributed by atoms with Crippen LogP contribution in [0.5, 0.6) is 11.6 Å². The fourth-order valence-electron chi connectivity index (χ4n) is 4.11. The van der Waals surface area contributed by atoms with E-state index < -0.39 is 0 Å². The van der Waals surface area contributed by atoms with Gasteiger partial charge in [-0.15, -0.1) is 0 Å². The number of nitrogens with zero attached hydrogens (tertiary/aromatic N) is 5. The summed E-state index contributed by atoms with van der Waals surface area (Å²) in [5.41, 5.74) is 5.49. The van der Waals surface area contributed by atoms with Crippen LogP contribution in [0.15, 0.2) is 79.0 Å². The number of fused-ring (bicyclic) bond motifs is 1. The molecule has 36 heavy (non-hydrogen) atoms. The first-order valence-electron chi connectivity index (χ1n) is 11.4. The molecule has 0 fully saturated rings. The SMILES string of the molecule is Cc1cc(C#N)cc(C)c1Oc1nc(Nc2ccc(C#N)cc2)nc2c1ccn2Cc1ccccc1. The molecule has 2 aromatic heterocycles. The summed E-state index contributed by atoms with van der Waals surface area (Å²) in [5.74, 6) is 1.45. The van der Waals surface area contributed by atoms with Gasteiger partial charge in [-0.2, -0.15) is 20.5 Å². The number of aryl methyl sites for hydroxylation is 2. The van der Waals surface area contributed by atoms with E-state index in [1.807, 2.05) is 56.4 Å². The van der Waals surface area contributed by atoms with Crippen molar-refractivity contribution in [2.24, 2.45) is 0 Å². The van der Waals surface area contributed by atoms with Crippen molar-refractivity contribution in [1.82, 2.24) is 14.5 Å². The first kappa shape index (κ1) is 22.6. The maximum Gasteiger partial charge on any atom is 0.233 e. The molecule has 0 radical (unpaired) electrons. The van der Waals surface area contributed by atoms with E-state index in [0.717, 1.165) is 33.4 Å². The molecular formula is C29H22N6O. The van der Waals surface area contributed by atoms with E-state index in [0.29, 0.717) is 35.2 Å².